The van der Waals surface area contributed by atoms with Gasteiger partial charge in [-0.2, -0.15) is 0 Å². The van der Waals surface area contributed by atoms with E-state index in [-0.39, 0.29) is 17.1 Å². The summed E-state index contributed by atoms with van der Waals surface area (Å²) >= 11 is 0. The maximum absolute atomic E-state index is 11.3. The summed E-state index contributed by atoms with van der Waals surface area (Å²) in [5.74, 6) is -0.0579. The van der Waals surface area contributed by atoms with Crippen molar-refractivity contribution in [1.29, 1.82) is 0 Å². The number of aromatic amines is 1. The van der Waals surface area contributed by atoms with Crippen molar-refractivity contribution >= 4 is 9.84 Å². The number of aromatic nitrogens is 2. The summed E-state index contributed by atoms with van der Waals surface area (Å²) in [5, 5.41) is 3.10. The monoisotopic (exact) mass is 259 g/mol. The van der Waals surface area contributed by atoms with Crippen LogP contribution < -0.4 is 10.9 Å². The molecule has 2 N–H and O–H groups in total. The second kappa shape index (κ2) is 5.92. The summed E-state index contributed by atoms with van der Waals surface area (Å²) in [6.07, 6.45) is 2.09. The highest BCUT2D eigenvalue weighted by Gasteiger charge is 2.08. The highest BCUT2D eigenvalue weighted by Crippen LogP contribution is 1.98. The van der Waals surface area contributed by atoms with E-state index in [1.54, 1.807) is 0 Å². The van der Waals surface area contributed by atoms with Crippen LogP contribution in [0.2, 0.25) is 0 Å². The molecule has 7 heteroatoms. The van der Waals surface area contributed by atoms with Gasteiger partial charge >= 0.3 is 0 Å². The first-order valence-corrected chi connectivity index (χ1v) is 7.44. The van der Waals surface area contributed by atoms with Crippen molar-refractivity contribution in [3.8, 4) is 0 Å². The molecule has 0 aliphatic rings. The van der Waals surface area contributed by atoms with Crippen LogP contribution in [0.4, 0.5) is 0 Å². The Kier molecular flexibility index (Phi) is 4.83. The second-order valence-corrected chi connectivity index (χ2v) is 6.07. The SMILES string of the molecule is CCCNCc1cc(=O)[nH]c(CS(C)(=O)=O)n1. The Bertz CT molecular complexity index is 522. The molecule has 1 rings (SSSR count). The fourth-order valence-corrected chi connectivity index (χ4v) is 2.00. The lowest BCUT2D eigenvalue weighted by Gasteiger charge is -2.04. The maximum Gasteiger partial charge on any atom is 0.251 e. The molecule has 96 valence electrons. The van der Waals surface area contributed by atoms with Gasteiger partial charge in [-0.25, -0.2) is 13.4 Å². The quantitative estimate of drug-likeness (QED) is 0.691. The first-order valence-electron chi connectivity index (χ1n) is 5.38. The van der Waals surface area contributed by atoms with Gasteiger partial charge in [0.15, 0.2) is 9.84 Å². The van der Waals surface area contributed by atoms with Crippen LogP contribution in [0, 0.1) is 0 Å². The number of rotatable bonds is 6. The van der Waals surface area contributed by atoms with Crippen LogP contribution in [-0.2, 0) is 22.1 Å². The molecule has 0 saturated carbocycles. The third kappa shape index (κ3) is 5.60. The first kappa shape index (κ1) is 13.9. The second-order valence-electron chi connectivity index (χ2n) is 3.93. The molecule has 17 heavy (non-hydrogen) atoms. The van der Waals surface area contributed by atoms with Gasteiger partial charge in [-0.05, 0) is 13.0 Å². The number of sulfone groups is 1. The Morgan fingerprint density at radius 3 is 2.76 bits per heavy atom. The van der Waals surface area contributed by atoms with Gasteiger partial charge in [-0.1, -0.05) is 6.92 Å². The smallest absolute Gasteiger partial charge is 0.251 e. The molecule has 1 aromatic rings. The molecular formula is C10H17N3O3S. The molecule has 0 atom stereocenters. The Balaban J connectivity index is 2.83. The average molecular weight is 259 g/mol. The molecular weight excluding hydrogens is 242 g/mol. The van der Waals surface area contributed by atoms with Crippen molar-refractivity contribution < 1.29 is 8.42 Å². The number of hydrogen-bond acceptors (Lipinski definition) is 5. The van der Waals surface area contributed by atoms with E-state index in [0.717, 1.165) is 19.2 Å². The lowest BCUT2D eigenvalue weighted by atomic mass is 10.3. The zero-order chi connectivity index (χ0) is 12.9. The van der Waals surface area contributed by atoms with E-state index < -0.39 is 9.84 Å². The zero-order valence-electron chi connectivity index (χ0n) is 9.99. The minimum atomic E-state index is -3.19. The van der Waals surface area contributed by atoms with E-state index in [2.05, 4.69) is 15.3 Å². The van der Waals surface area contributed by atoms with E-state index in [9.17, 15) is 13.2 Å². The lowest BCUT2D eigenvalue weighted by Crippen LogP contribution is -2.20. The molecule has 6 nitrogen and oxygen atoms in total. The van der Waals surface area contributed by atoms with E-state index in [1.165, 1.54) is 6.07 Å². The molecule has 0 aliphatic carbocycles. The minimum absolute atomic E-state index is 0.188. The summed E-state index contributed by atoms with van der Waals surface area (Å²) in [6.45, 7) is 3.33. The summed E-state index contributed by atoms with van der Waals surface area (Å²) in [7, 11) is -3.19. The van der Waals surface area contributed by atoms with Crippen molar-refractivity contribution in [2.75, 3.05) is 12.8 Å². The molecule has 0 radical (unpaired) electrons. The van der Waals surface area contributed by atoms with E-state index in [1.807, 2.05) is 6.92 Å². The summed E-state index contributed by atoms with van der Waals surface area (Å²) in [6, 6.07) is 1.37. The van der Waals surface area contributed by atoms with Crippen LogP contribution in [-0.4, -0.2) is 31.2 Å². The molecule has 0 fully saturated rings. The third-order valence-corrected chi connectivity index (χ3v) is 2.77. The van der Waals surface area contributed by atoms with Crippen molar-refractivity contribution in [3.63, 3.8) is 0 Å². The zero-order valence-corrected chi connectivity index (χ0v) is 10.8. The number of nitrogens with zero attached hydrogens (tertiary/aromatic N) is 1. The van der Waals surface area contributed by atoms with Gasteiger partial charge in [0, 0.05) is 18.9 Å². The van der Waals surface area contributed by atoms with Crippen molar-refractivity contribution in [2.24, 2.45) is 0 Å². The van der Waals surface area contributed by atoms with Gasteiger partial charge in [0.2, 0.25) is 0 Å². The largest absolute Gasteiger partial charge is 0.311 e. The molecule has 0 unspecified atom stereocenters. The van der Waals surface area contributed by atoms with E-state index >= 15 is 0 Å². The van der Waals surface area contributed by atoms with Crippen LogP contribution in [0.1, 0.15) is 24.9 Å². The Labute approximate surface area is 100 Å². The van der Waals surface area contributed by atoms with Crippen molar-refractivity contribution in [3.05, 3.63) is 27.9 Å². The van der Waals surface area contributed by atoms with Crippen molar-refractivity contribution in [1.82, 2.24) is 15.3 Å². The molecule has 0 amide bonds. The van der Waals surface area contributed by atoms with Gasteiger partial charge in [0.05, 0.1) is 5.69 Å². The molecule has 0 saturated heterocycles. The molecule has 0 spiro atoms. The van der Waals surface area contributed by atoms with Gasteiger partial charge in [0.25, 0.3) is 5.56 Å². The minimum Gasteiger partial charge on any atom is -0.311 e. The van der Waals surface area contributed by atoms with Crippen LogP contribution in [0.15, 0.2) is 10.9 Å². The summed E-state index contributed by atoms with van der Waals surface area (Å²) < 4.78 is 22.2. The Hall–Kier alpha value is -1.21. The molecule has 1 aromatic heterocycles. The Morgan fingerprint density at radius 2 is 2.18 bits per heavy atom. The lowest BCUT2D eigenvalue weighted by molar-refractivity contribution is 0.599. The fraction of sp³-hybridized carbons (Fsp3) is 0.600. The van der Waals surface area contributed by atoms with Gasteiger partial charge in [0.1, 0.15) is 11.6 Å². The Morgan fingerprint density at radius 1 is 1.47 bits per heavy atom. The van der Waals surface area contributed by atoms with Crippen LogP contribution >= 0.6 is 0 Å². The summed E-state index contributed by atoms with van der Waals surface area (Å²) in [5.41, 5.74) is 0.229. The fourth-order valence-electron chi connectivity index (χ4n) is 1.36. The number of nitrogens with one attached hydrogen (secondary N) is 2. The number of H-pyrrole nitrogens is 1. The predicted octanol–water partition coefficient (Wildman–Crippen LogP) is -0.186. The molecule has 0 aliphatic heterocycles. The number of hydrogen-bond donors (Lipinski definition) is 2. The average Bonchev–Trinajstić information content (AvgIpc) is 2.14. The van der Waals surface area contributed by atoms with Crippen LogP contribution in [0.5, 0.6) is 0 Å². The normalized spacial score (nSPS) is 11.6. The van der Waals surface area contributed by atoms with E-state index in [0.29, 0.717) is 12.2 Å². The molecule has 0 bridgehead atoms. The van der Waals surface area contributed by atoms with Crippen LogP contribution in [0.25, 0.3) is 0 Å². The highest BCUT2D eigenvalue weighted by molar-refractivity contribution is 7.89. The standard InChI is InChI=1S/C10H17N3O3S/c1-3-4-11-6-8-5-10(14)13-9(12-8)7-17(2,15)16/h5,11H,3-4,6-7H2,1-2H3,(H,12,13,14). The first-order chi connectivity index (χ1) is 7.90. The topological polar surface area (TPSA) is 91.9 Å². The van der Waals surface area contributed by atoms with E-state index in [4.69, 9.17) is 0 Å². The molecule has 1 heterocycles. The third-order valence-electron chi connectivity index (χ3n) is 1.98. The van der Waals surface area contributed by atoms with Gasteiger partial charge in [-0.15, -0.1) is 0 Å². The van der Waals surface area contributed by atoms with Gasteiger partial charge in [-0.3, -0.25) is 4.79 Å². The highest BCUT2D eigenvalue weighted by atomic mass is 32.2. The molecule has 0 aromatic carbocycles. The van der Waals surface area contributed by atoms with Crippen molar-refractivity contribution in [2.45, 2.75) is 25.6 Å². The predicted molar refractivity (Wildman–Crippen MR) is 65.4 cm³/mol. The van der Waals surface area contributed by atoms with Gasteiger partial charge < -0.3 is 10.3 Å². The summed E-state index contributed by atoms with van der Waals surface area (Å²) in [4.78, 5) is 17.8. The van der Waals surface area contributed by atoms with Crippen LogP contribution in [0.3, 0.4) is 0 Å². The maximum atomic E-state index is 11.3.